The quantitative estimate of drug-likeness (QED) is 0.740. The van der Waals surface area contributed by atoms with Gasteiger partial charge in [0.1, 0.15) is 11.7 Å². The van der Waals surface area contributed by atoms with E-state index < -0.39 is 6.17 Å². The van der Waals surface area contributed by atoms with Gasteiger partial charge in [-0.3, -0.25) is 14.4 Å². The molecule has 7 heteroatoms. The van der Waals surface area contributed by atoms with Crippen molar-refractivity contribution in [1.29, 1.82) is 0 Å². The predicted octanol–water partition coefficient (Wildman–Crippen LogP) is 2.57. The molecule has 0 saturated carbocycles. The van der Waals surface area contributed by atoms with Crippen LogP contribution in [0.4, 0.5) is 4.39 Å². The molecule has 1 atom stereocenters. The minimum Gasteiger partial charge on any atom is -0.338 e. The summed E-state index contributed by atoms with van der Waals surface area (Å²) in [5.74, 6) is -0.328. The first kappa shape index (κ1) is 21.3. The van der Waals surface area contributed by atoms with Gasteiger partial charge in [0, 0.05) is 38.8 Å². The number of halogens is 1. The van der Waals surface area contributed by atoms with Gasteiger partial charge in [-0.1, -0.05) is 37.3 Å². The van der Waals surface area contributed by atoms with Crippen molar-refractivity contribution in [2.24, 2.45) is 0 Å². The second-order valence-electron chi connectivity index (χ2n) is 8.30. The Labute approximate surface area is 181 Å². The number of benzene rings is 1. The number of amides is 2. The summed E-state index contributed by atoms with van der Waals surface area (Å²) in [6, 6.07) is 9.86. The molecule has 1 aromatic carbocycles. The molecule has 6 nitrogen and oxygen atoms in total. The summed E-state index contributed by atoms with van der Waals surface area (Å²) in [7, 11) is 0. The van der Waals surface area contributed by atoms with Gasteiger partial charge in [0.05, 0.1) is 6.54 Å². The lowest BCUT2D eigenvalue weighted by Gasteiger charge is -2.31. The van der Waals surface area contributed by atoms with Crippen molar-refractivity contribution in [1.82, 2.24) is 14.4 Å². The van der Waals surface area contributed by atoms with Crippen LogP contribution in [0.3, 0.4) is 0 Å². The van der Waals surface area contributed by atoms with Gasteiger partial charge >= 0.3 is 0 Å². The lowest BCUT2D eigenvalue weighted by molar-refractivity contribution is -0.131. The van der Waals surface area contributed by atoms with Crippen LogP contribution in [0.5, 0.6) is 0 Å². The first-order chi connectivity index (χ1) is 15.0. The summed E-state index contributed by atoms with van der Waals surface area (Å²) < 4.78 is 15.3. The molecule has 0 N–H and O–H groups in total. The molecule has 164 valence electrons. The second-order valence-corrected chi connectivity index (χ2v) is 8.30. The van der Waals surface area contributed by atoms with Crippen LogP contribution >= 0.6 is 0 Å². The number of carbonyl (C=O) groups excluding carboxylic acids is 2. The maximum absolute atomic E-state index is 13.7. The Kier molecular flexibility index (Phi) is 6.20. The molecule has 1 fully saturated rings. The lowest BCUT2D eigenvalue weighted by Crippen LogP contribution is -2.42. The monoisotopic (exact) mass is 425 g/mol. The minimum absolute atomic E-state index is 0.0341. The van der Waals surface area contributed by atoms with Crippen LogP contribution in [0.15, 0.2) is 41.3 Å². The fourth-order valence-electron chi connectivity index (χ4n) is 4.49. The van der Waals surface area contributed by atoms with Gasteiger partial charge in [0.25, 0.3) is 11.5 Å². The van der Waals surface area contributed by atoms with Crippen molar-refractivity contribution in [2.45, 2.75) is 51.9 Å². The van der Waals surface area contributed by atoms with Crippen molar-refractivity contribution in [3.8, 4) is 0 Å². The molecule has 2 aromatic rings. The van der Waals surface area contributed by atoms with E-state index in [-0.39, 0.29) is 29.5 Å². The Morgan fingerprint density at radius 3 is 2.58 bits per heavy atom. The Bertz CT molecular complexity index is 1030. The Morgan fingerprint density at radius 2 is 1.90 bits per heavy atom. The highest BCUT2D eigenvalue weighted by atomic mass is 19.1. The number of carbonyl (C=O) groups is 2. The van der Waals surface area contributed by atoms with E-state index in [1.165, 1.54) is 4.90 Å². The van der Waals surface area contributed by atoms with E-state index in [0.29, 0.717) is 57.4 Å². The Balaban J connectivity index is 1.71. The number of nitrogens with zero attached hydrogens (tertiary/aromatic N) is 3. The first-order valence-corrected chi connectivity index (χ1v) is 11.0. The third-order valence-electron chi connectivity index (χ3n) is 6.24. The van der Waals surface area contributed by atoms with E-state index in [4.69, 9.17) is 0 Å². The van der Waals surface area contributed by atoms with Crippen LogP contribution in [0, 0.1) is 0 Å². The number of hydrogen-bond acceptors (Lipinski definition) is 3. The lowest BCUT2D eigenvalue weighted by atomic mass is 9.95. The van der Waals surface area contributed by atoms with Crippen molar-refractivity contribution in [3.63, 3.8) is 0 Å². The summed E-state index contributed by atoms with van der Waals surface area (Å²) in [5, 5.41) is 0. The molecule has 31 heavy (non-hydrogen) atoms. The van der Waals surface area contributed by atoms with Gasteiger partial charge in [-0.25, -0.2) is 4.39 Å². The molecule has 0 bridgehead atoms. The zero-order valence-corrected chi connectivity index (χ0v) is 17.8. The molecule has 0 radical (unpaired) electrons. The van der Waals surface area contributed by atoms with Crippen LogP contribution < -0.4 is 5.56 Å². The van der Waals surface area contributed by atoms with E-state index in [0.717, 1.165) is 11.1 Å². The molecular formula is C24H28FN3O3. The SMILES string of the molecule is CCC(=O)N1CCc2c(cn(CCc3ccccc3)c(=O)c2C(=O)N2CC[C@H](F)C2)C1. The van der Waals surface area contributed by atoms with Gasteiger partial charge in [-0.2, -0.15) is 0 Å². The second kappa shape index (κ2) is 9.04. The number of alkyl halides is 1. The maximum Gasteiger partial charge on any atom is 0.263 e. The standard InChI is InChI=1S/C24H28FN3O3/c1-2-21(29)26-13-10-20-18(14-26)15-27(11-8-17-6-4-3-5-7-17)23(30)22(20)24(31)28-12-9-19(25)16-28/h3-7,15,19H,2,8-14,16H2,1H3/t19-/m0/s1. The highest BCUT2D eigenvalue weighted by molar-refractivity contribution is 5.96. The van der Waals surface area contributed by atoms with Gasteiger partial charge in [0.2, 0.25) is 5.91 Å². The molecule has 2 aliphatic heterocycles. The molecule has 2 aliphatic rings. The van der Waals surface area contributed by atoms with Gasteiger partial charge in [0.15, 0.2) is 0 Å². The Morgan fingerprint density at radius 1 is 1.13 bits per heavy atom. The van der Waals surface area contributed by atoms with Gasteiger partial charge in [-0.15, -0.1) is 0 Å². The summed E-state index contributed by atoms with van der Waals surface area (Å²) in [5.41, 5.74) is 2.48. The number of rotatable bonds is 5. The zero-order valence-electron chi connectivity index (χ0n) is 17.8. The molecule has 2 amide bonds. The van der Waals surface area contributed by atoms with Crippen LogP contribution in [0.25, 0.3) is 0 Å². The molecule has 1 aromatic heterocycles. The van der Waals surface area contributed by atoms with E-state index in [2.05, 4.69) is 0 Å². The molecule has 0 spiro atoms. The number of aryl methyl sites for hydroxylation is 2. The summed E-state index contributed by atoms with van der Waals surface area (Å²) in [6.45, 7) is 3.50. The third kappa shape index (κ3) is 4.40. The average Bonchev–Trinajstić information content (AvgIpc) is 3.23. The van der Waals surface area contributed by atoms with Crippen molar-refractivity contribution >= 4 is 11.8 Å². The van der Waals surface area contributed by atoms with Crippen molar-refractivity contribution < 1.29 is 14.0 Å². The number of aromatic nitrogens is 1. The van der Waals surface area contributed by atoms with E-state index >= 15 is 0 Å². The number of likely N-dealkylation sites (tertiary alicyclic amines) is 1. The largest absolute Gasteiger partial charge is 0.338 e. The molecule has 4 rings (SSSR count). The summed E-state index contributed by atoms with van der Waals surface area (Å²) >= 11 is 0. The van der Waals surface area contributed by atoms with E-state index in [9.17, 15) is 18.8 Å². The van der Waals surface area contributed by atoms with Crippen molar-refractivity contribution in [2.75, 3.05) is 19.6 Å². The smallest absolute Gasteiger partial charge is 0.263 e. The topological polar surface area (TPSA) is 62.6 Å². The Hall–Kier alpha value is -2.96. The zero-order chi connectivity index (χ0) is 22.0. The molecule has 0 aliphatic carbocycles. The normalized spacial score (nSPS) is 18.2. The van der Waals surface area contributed by atoms with Gasteiger partial charge < -0.3 is 14.4 Å². The molecule has 1 saturated heterocycles. The first-order valence-electron chi connectivity index (χ1n) is 11.0. The fourth-order valence-corrected chi connectivity index (χ4v) is 4.49. The van der Waals surface area contributed by atoms with Crippen LogP contribution in [0.2, 0.25) is 0 Å². The van der Waals surface area contributed by atoms with Crippen LogP contribution in [0.1, 0.15) is 46.8 Å². The van der Waals surface area contributed by atoms with Crippen LogP contribution in [-0.4, -0.2) is 52.0 Å². The number of pyridine rings is 1. The highest BCUT2D eigenvalue weighted by Gasteiger charge is 2.33. The maximum atomic E-state index is 13.7. The number of hydrogen-bond donors (Lipinski definition) is 0. The third-order valence-corrected chi connectivity index (χ3v) is 6.24. The highest BCUT2D eigenvalue weighted by Crippen LogP contribution is 2.24. The van der Waals surface area contributed by atoms with Gasteiger partial charge in [-0.05, 0) is 36.0 Å². The number of fused-ring (bicyclic) bond motifs is 1. The van der Waals surface area contributed by atoms with E-state index in [1.54, 1.807) is 15.7 Å². The predicted molar refractivity (Wildman–Crippen MR) is 116 cm³/mol. The van der Waals surface area contributed by atoms with Crippen LogP contribution in [-0.2, 0) is 30.7 Å². The van der Waals surface area contributed by atoms with Crippen molar-refractivity contribution in [3.05, 3.63) is 69.1 Å². The van der Waals surface area contributed by atoms with E-state index in [1.807, 2.05) is 37.3 Å². The molecule has 3 heterocycles. The summed E-state index contributed by atoms with van der Waals surface area (Å²) in [4.78, 5) is 42.1. The minimum atomic E-state index is -1.04. The molecule has 0 unspecified atom stereocenters. The molecular weight excluding hydrogens is 397 g/mol. The average molecular weight is 426 g/mol. The fraction of sp³-hybridized carbons (Fsp3) is 0.458. The summed E-state index contributed by atoms with van der Waals surface area (Å²) in [6.07, 6.45) is 2.60.